The molecule has 106 valence electrons. The third-order valence-corrected chi connectivity index (χ3v) is 3.75. The van der Waals surface area contributed by atoms with Gasteiger partial charge in [0.1, 0.15) is 5.82 Å². The van der Waals surface area contributed by atoms with Gasteiger partial charge in [0, 0.05) is 12.7 Å². The fourth-order valence-corrected chi connectivity index (χ4v) is 2.66. The number of nitrogens with one attached hydrogen (secondary N) is 1. The van der Waals surface area contributed by atoms with Crippen molar-refractivity contribution < 1.29 is 4.74 Å². The van der Waals surface area contributed by atoms with Crippen LogP contribution in [-0.2, 0) is 11.3 Å². The lowest BCUT2D eigenvalue weighted by molar-refractivity contribution is 0.00466. The molecule has 1 heterocycles. The van der Waals surface area contributed by atoms with Gasteiger partial charge in [-0.05, 0) is 42.9 Å². The number of hydrogen-bond acceptors (Lipinski definition) is 3. The summed E-state index contributed by atoms with van der Waals surface area (Å²) in [6, 6.07) is 4.14. The van der Waals surface area contributed by atoms with Gasteiger partial charge in [-0.3, -0.25) is 0 Å². The Bertz CT molecular complexity index is 381. The maximum Gasteiger partial charge on any atom is 0.126 e. The van der Waals surface area contributed by atoms with E-state index in [1.165, 1.54) is 31.2 Å². The summed E-state index contributed by atoms with van der Waals surface area (Å²) in [5.41, 5.74) is 1.21. The average molecular weight is 262 g/mol. The van der Waals surface area contributed by atoms with Gasteiger partial charge in [0.15, 0.2) is 0 Å². The van der Waals surface area contributed by atoms with Crippen LogP contribution in [0.4, 0.5) is 5.82 Å². The first-order valence-corrected chi connectivity index (χ1v) is 7.58. The summed E-state index contributed by atoms with van der Waals surface area (Å²) in [5.74, 6) is 1.78. The van der Waals surface area contributed by atoms with Crippen molar-refractivity contribution in [3.63, 3.8) is 0 Å². The number of aromatic nitrogens is 1. The van der Waals surface area contributed by atoms with Gasteiger partial charge in [-0.25, -0.2) is 4.98 Å². The van der Waals surface area contributed by atoms with Crippen molar-refractivity contribution in [3.8, 4) is 0 Å². The maximum absolute atomic E-state index is 6.04. The molecule has 1 aliphatic carbocycles. The molecule has 1 fully saturated rings. The molecule has 3 nitrogen and oxygen atoms in total. The van der Waals surface area contributed by atoms with Crippen molar-refractivity contribution >= 4 is 5.82 Å². The van der Waals surface area contributed by atoms with Crippen LogP contribution in [0.15, 0.2) is 18.3 Å². The molecule has 0 spiro atoms. The summed E-state index contributed by atoms with van der Waals surface area (Å²) in [5, 5.41) is 3.31. The minimum atomic E-state index is 0.448. The Morgan fingerprint density at radius 1 is 1.42 bits per heavy atom. The molecule has 0 saturated heterocycles. The highest BCUT2D eigenvalue weighted by atomic mass is 16.5. The van der Waals surface area contributed by atoms with Crippen LogP contribution in [0.25, 0.3) is 0 Å². The van der Waals surface area contributed by atoms with Crippen molar-refractivity contribution in [1.29, 1.82) is 0 Å². The molecule has 1 N–H and O–H groups in total. The standard InChI is InChI=1S/C16H26N2O/c1-3-8-17-16-11-14(7-9-18-16)12-19-15-6-4-5-13(2)10-15/h7,9,11,13,15H,3-6,8,10,12H2,1-2H3,(H,17,18). The molecule has 19 heavy (non-hydrogen) atoms. The van der Waals surface area contributed by atoms with Crippen LogP contribution in [0.3, 0.4) is 0 Å². The second-order valence-corrected chi connectivity index (χ2v) is 5.68. The summed E-state index contributed by atoms with van der Waals surface area (Å²) in [6.45, 7) is 6.16. The van der Waals surface area contributed by atoms with Crippen LogP contribution in [0.5, 0.6) is 0 Å². The number of anilines is 1. The first-order chi connectivity index (χ1) is 9.28. The Hall–Kier alpha value is -1.09. The van der Waals surface area contributed by atoms with E-state index in [9.17, 15) is 0 Å². The van der Waals surface area contributed by atoms with Crippen LogP contribution in [0.2, 0.25) is 0 Å². The number of pyridine rings is 1. The molecule has 0 bridgehead atoms. The third kappa shape index (κ3) is 4.83. The van der Waals surface area contributed by atoms with Crippen LogP contribution in [0.1, 0.15) is 51.5 Å². The summed E-state index contributed by atoms with van der Waals surface area (Å²) < 4.78 is 6.04. The Morgan fingerprint density at radius 3 is 3.11 bits per heavy atom. The molecular formula is C16H26N2O. The lowest BCUT2D eigenvalue weighted by atomic mass is 9.89. The van der Waals surface area contributed by atoms with Crippen molar-refractivity contribution in [1.82, 2.24) is 4.98 Å². The fraction of sp³-hybridized carbons (Fsp3) is 0.688. The van der Waals surface area contributed by atoms with Crippen molar-refractivity contribution in [2.75, 3.05) is 11.9 Å². The summed E-state index contributed by atoms with van der Waals surface area (Å²) in [7, 11) is 0. The molecule has 0 amide bonds. The van der Waals surface area contributed by atoms with E-state index in [-0.39, 0.29) is 0 Å². The molecule has 1 aliphatic rings. The smallest absolute Gasteiger partial charge is 0.126 e. The van der Waals surface area contributed by atoms with Crippen molar-refractivity contribution in [3.05, 3.63) is 23.9 Å². The normalized spacial score (nSPS) is 23.3. The molecule has 0 aliphatic heterocycles. The molecule has 2 rings (SSSR count). The summed E-state index contributed by atoms with van der Waals surface area (Å²) >= 11 is 0. The molecular weight excluding hydrogens is 236 g/mol. The Kier molecular flexibility index (Phi) is 5.64. The van der Waals surface area contributed by atoms with Crippen LogP contribution < -0.4 is 5.32 Å². The highest BCUT2D eigenvalue weighted by Crippen LogP contribution is 2.26. The monoisotopic (exact) mass is 262 g/mol. The van der Waals surface area contributed by atoms with Gasteiger partial charge in [0.2, 0.25) is 0 Å². The summed E-state index contributed by atoms with van der Waals surface area (Å²) in [4.78, 5) is 4.32. The molecule has 1 aromatic heterocycles. The molecule has 0 radical (unpaired) electrons. The topological polar surface area (TPSA) is 34.1 Å². The predicted molar refractivity (Wildman–Crippen MR) is 79.2 cm³/mol. The second-order valence-electron chi connectivity index (χ2n) is 5.68. The molecule has 2 atom stereocenters. The van der Waals surface area contributed by atoms with Crippen LogP contribution >= 0.6 is 0 Å². The van der Waals surface area contributed by atoms with Gasteiger partial charge in [-0.15, -0.1) is 0 Å². The maximum atomic E-state index is 6.04. The van der Waals surface area contributed by atoms with Crippen molar-refractivity contribution in [2.24, 2.45) is 5.92 Å². The number of nitrogens with zero attached hydrogens (tertiary/aromatic N) is 1. The van der Waals surface area contributed by atoms with Gasteiger partial charge in [-0.2, -0.15) is 0 Å². The number of ether oxygens (including phenoxy) is 1. The Labute approximate surface area is 116 Å². The molecule has 3 heteroatoms. The minimum Gasteiger partial charge on any atom is -0.374 e. The highest BCUT2D eigenvalue weighted by molar-refractivity contribution is 5.37. The summed E-state index contributed by atoms with van der Waals surface area (Å²) in [6.07, 6.45) is 8.53. The van der Waals surface area contributed by atoms with E-state index in [0.29, 0.717) is 12.7 Å². The lowest BCUT2D eigenvalue weighted by Crippen LogP contribution is -2.21. The van der Waals surface area contributed by atoms with E-state index in [4.69, 9.17) is 4.74 Å². The van der Waals surface area contributed by atoms with Gasteiger partial charge >= 0.3 is 0 Å². The average Bonchev–Trinajstić information content (AvgIpc) is 2.43. The first-order valence-electron chi connectivity index (χ1n) is 7.58. The van der Waals surface area contributed by atoms with Gasteiger partial charge in [-0.1, -0.05) is 26.7 Å². The van der Waals surface area contributed by atoms with Crippen molar-refractivity contribution in [2.45, 2.75) is 58.7 Å². The Morgan fingerprint density at radius 2 is 2.32 bits per heavy atom. The number of hydrogen-bond donors (Lipinski definition) is 1. The zero-order valence-electron chi connectivity index (χ0n) is 12.2. The van der Waals surface area contributed by atoms with Gasteiger partial charge < -0.3 is 10.1 Å². The van der Waals surface area contributed by atoms with E-state index in [1.807, 2.05) is 12.3 Å². The van der Waals surface area contributed by atoms with E-state index in [0.717, 1.165) is 24.7 Å². The SMILES string of the molecule is CCCNc1cc(COC2CCCC(C)C2)ccn1. The second kappa shape index (κ2) is 7.49. The van der Waals surface area contributed by atoms with E-state index in [2.05, 4.69) is 30.2 Å². The van der Waals surface area contributed by atoms with Crippen LogP contribution in [-0.4, -0.2) is 17.6 Å². The minimum absolute atomic E-state index is 0.448. The highest BCUT2D eigenvalue weighted by Gasteiger charge is 2.19. The fourth-order valence-electron chi connectivity index (χ4n) is 2.66. The van der Waals surface area contributed by atoms with Crippen LogP contribution in [0, 0.1) is 5.92 Å². The largest absolute Gasteiger partial charge is 0.374 e. The molecule has 2 unspecified atom stereocenters. The Balaban J connectivity index is 1.81. The van der Waals surface area contributed by atoms with E-state index >= 15 is 0 Å². The molecule has 1 saturated carbocycles. The zero-order valence-corrected chi connectivity index (χ0v) is 12.2. The first kappa shape index (κ1) is 14.3. The van der Waals surface area contributed by atoms with E-state index in [1.54, 1.807) is 0 Å². The lowest BCUT2D eigenvalue weighted by Gasteiger charge is -2.26. The zero-order chi connectivity index (χ0) is 13.5. The number of rotatable bonds is 6. The quantitative estimate of drug-likeness (QED) is 0.841. The van der Waals surface area contributed by atoms with E-state index < -0.39 is 0 Å². The molecule has 1 aromatic rings. The van der Waals surface area contributed by atoms with Gasteiger partial charge in [0.05, 0.1) is 12.7 Å². The molecule has 0 aromatic carbocycles. The van der Waals surface area contributed by atoms with Gasteiger partial charge in [0.25, 0.3) is 0 Å². The predicted octanol–water partition coefficient (Wildman–Crippen LogP) is 4.00. The third-order valence-electron chi connectivity index (χ3n) is 3.75.